The maximum atomic E-state index is 10.3. The third-order valence-corrected chi connectivity index (χ3v) is 8.22. The number of allylic oxidation sites excluding steroid dienone is 1. The highest BCUT2D eigenvalue weighted by Gasteiger charge is 2.50. The molecule has 0 amide bonds. The maximum absolute atomic E-state index is 10.3. The number of hydrogen-bond acceptors (Lipinski definition) is 8. The molecule has 2 aromatic heterocycles. The van der Waals surface area contributed by atoms with E-state index in [-0.39, 0.29) is 36.2 Å². The molecule has 4 N–H and O–H groups in total. The number of aromatic amines is 1. The van der Waals surface area contributed by atoms with Crippen molar-refractivity contribution in [1.82, 2.24) is 20.4 Å². The van der Waals surface area contributed by atoms with E-state index < -0.39 is 5.41 Å². The molecule has 40 heavy (non-hydrogen) atoms. The average molecular weight is 541 g/mol. The van der Waals surface area contributed by atoms with Gasteiger partial charge in [-0.3, -0.25) is 0 Å². The van der Waals surface area contributed by atoms with Gasteiger partial charge in [0.1, 0.15) is 11.6 Å². The molecule has 1 unspecified atom stereocenters. The van der Waals surface area contributed by atoms with Crippen LogP contribution in [0.3, 0.4) is 0 Å². The summed E-state index contributed by atoms with van der Waals surface area (Å²) in [5.74, 6) is 9.43. The van der Waals surface area contributed by atoms with E-state index in [1.165, 1.54) is 0 Å². The van der Waals surface area contributed by atoms with Gasteiger partial charge in [-0.15, -0.1) is 10.2 Å². The van der Waals surface area contributed by atoms with Crippen molar-refractivity contribution in [2.45, 2.75) is 84.2 Å². The minimum Gasteiger partial charge on any atom is -0.425 e. The second-order valence-electron chi connectivity index (χ2n) is 11.5. The molecular weight excluding hydrogens is 504 g/mol. The topological polar surface area (TPSA) is 147 Å². The summed E-state index contributed by atoms with van der Waals surface area (Å²) in [5.41, 5.74) is 9.54. The van der Waals surface area contributed by atoms with Crippen LogP contribution >= 0.6 is 0 Å². The number of nitrogens with one attached hydrogen (secondary N) is 1. The Hall–Kier alpha value is -4.08. The van der Waals surface area contributed by atoms with E-state index in [1.54, 1.807) is 0 Å². The molecule has 0 saturated heterocycles. The molecular formula is C31H36N6O3. The van der Waals surface area contributed by atoms with Crippen molar-refractivity contribution < 1.29 is 14.3 Å². The molecule has 9 heteroatoms. The molecule has 1 aliphatic carbocycles. The second kappa shape index (κ2) is 10.8. The Morgan fingerprint density at radius 3 is 2.52 bits per heavy atom. The number of rotatable bonds is 5. The van der Waals surface area contributed by atoms with Crippen molar-refractivity contribution in [2.24, 2.45) is 17.6 Å². The number of aromatic nitrogens is 4. The highest BCUT2D eigenvalue weighted by atomic mass is 16.5. The van der Waals surface area contributed by atoms with Gasteiger partial charge in [-0.2, -0.15) is 10.4 Å². The first-order valence-electron chi connectivity index (χ1n) is 13.9. The lowest BCUT2D eigenvalue weighted by molar-refractivity contribution is 0.281. The number of aliphatic hydroxyl groups is 1. The van der Waals surface area contributed by atoms with Crippen molar-refractivity contribution in [3.8, 4) is 23.8 Å². The van der Waals surface area contributed by atoms with E-state index in [9.17, 15) is 10.4 Å². The summed E-state index contributed by atoms with van der Waals surface area (Å²) in [6.45, 7) is 9.93. The highest BCUT2D eigenvalue weighted by Crippen LogP contribution is 2.52. The summed E-state index contributed by atoms with van der Waals surface area (Å²) in [4.78, 5) is 0. The van der Waals surface area contributed by atoms with E-state index in [1.807, 2.05) is 39.0 Å². The fourth-order valence-electron chi connectivity index (χ4n) is 6.17. The van der Waals surface area contributed by atoms with Gasteiger partial charge in [0.05, 0.1) is 23.3 Å². The lowest BCUT2D eigenvalue weighted by atomic mass is 9.61. The quantitative estimate of drug-likeness (QED) is 0.380. The molecule has 3 heterocycles. The van der Waals surface area contributed by atoms with E-state index >= 15 is 0 Å². The van der Waals surface area contributed by atoms with E-state index in [0.29, 0.717) is 22.9 Å². The first-order chi connectivity index (χ1) is 19.2. The van der Waals surface area contributed by atoms with Crippen LogP contribution in [-0.2, 0) is 12.0 Å². The van der Waals surface area contributed by atoms with Gasteiger partial charge in [0, 0.05) is 23.3 Å². The summed E-state index contributed by atoms with van der Waals surface area (Å²) in [5, 5.41) is 36.2. The molecule has 0 spiro atoms. The van der Waals surface area contributed by atoms with Crippen LogP contribution in [0.1, 0.15) is 105 Å². The van der Waals surface area contributed by atoms with Gasteiger partial charge >= 0.3 is 0 Å². The summed E-state index contributed by atoms with van der Waals surface area (Å²) < 4.78 is 11.7. The zero-order valence-electron chi connectivity index (χ0n) is 23.7. The van der Waals surface area contributed by atoms with Gasteiger partial charge in [0.25, 0.3) is 0 Å². The summed E-state index contributed by atoms with van der Waals surface area (Å²) in [7, 11) is 0. The van der Waals surface area contributed by atoms with Crippen molar-refractivity contribution in [3.63, 3.8) is 0 Å². The number of aliphatic hydroxyl groups excluding tert-OH is 1. The van der Waals surface area contributed by atoms with Gasteiger partial charge in [0.2, 0.25) is 23.5 Å². The van der Waals surface area contributed by atoms with Crippen LogP contribution in [0.25, 0.3) is 0 Å². The number of nitriles is 1. The average Bonchev–Trinajstić information content (AvgIpc) is 3.58. The molecule has 1 saturated carbocycles. The van der Waals surface area contributed by atoms with E-state index in [4.69, 9.17) is 14.9 Å². The molecule has 0 radical (unpaired) electrons. The number of hydrogen-bond donors (Lipinski definition) is 3. The zero-order valence-corrected chi connectivity index (χ0v) is 23.7. The molecule has 1 fully saturated rings. The smallest absolute Gasteiger partial charge is 0.222 e. The molecule has 3 aromatic rings. The van der Waals surface area contributed by atoms with Crippen LogP contribution in [0.2, 0.25) is 0 Å². The maximum Gasteiger partial charge on any atom is 0.222 e. The minimum absolute atomic E-state index is 0.0490. The SMILES string of the molecule is Cc1n[nH]c2c1C(c1cc(C#C[C@H]3CC[C@H](c4nnc(C(C)C)o4)CC3)cc(CO)c1)(C(C)C)C(C#N)=C(N)O2. The molecule has 9 nitrogen and oxygen atoms in total. The number of H-pyrrole nitrogens is 1. The van der Waals surface area contributed by atoms with Crippen LogP contribution in [-0.4, -0.2) is 25.5 Å². The summed E-state index contributed by atoms with van der Waals surface area (Å²) in [6, 6.07) is 8.17. The first kappa shape index (κ1) is 27.5. The molecule has 1 atom stereocenters. The third-order valence-electron chi connectivity index (χ3n) is 8.22. The first-order valence-corrected chi connectivity index (χ1v) is 13.9. The predicted octanol–water partition coefficient (Wildman–Crippen LogP) is 5.07. The van der Waals surface area contributed by atoms with Crippen LogP contribution in [0.5, 0.6) is 5.88 Å². The van der Waals surface area contributed by atoms with Gasteiger partial charge < -0.3 is 20.0 Å². The second-order valence-corrected chi connectivity index (χ2v) is 11.5. The molecule has 208 valence electrons. The third kappa shape index (κ3) is 4.65. The summed E-state index contributed by atoms with van der Waals surface area (Å²) >= 11 is 0. The van der Waals surface area contributed by atoms with E-state index in [0.717, 1.165) is 54.0 Å². The van der Waals surface area contributed by atoms with Gasteiger partial charge in [-0.1, -0.05) is 45.6 Å². The van der Waals surface area contributed by atoms with Crippen LogP contribution in [0.4, 0.5) is 0 Å². The molecule has 1 aromatic carbocycles. The number of benzene rings is 1. The molecule has 5 rings (SSSR count). The van der Waals surface area contributed by atoms with Crippen LogP contribution in [0.15, 0.2) is 34.1 Å². The standard InChI is InChI=1S/C31H36N6O3/c1-17(2)28-35-36-29(40-28)23-10-8-20(9-11-23)6-7-21-12-22(16-38)14-24(13-21)31(18(3)4)25(15-32)27(33)39-30-26(31)19(5)34-37-30/h12-14,17-18,20,23,38H,8-11,16,33H2,1-5H3,(H,34,37)/t20-,23-,31?. The molecule has 1 aliphatic heterocycles. The number of fused-ring (bicyclic) bond motifs is 1. The van der Waals surface area contributed by atoms with Gasteiger partial charge in [-0.25, -0.2) is 5.10 Å². The molecule has 0 bridgehead atoms. The number of aryl methyl sites for hydroxylation is 1. The van der Waals surface area contributed by atoms with E-state index in [2.05, 4.69) is 52.2 Å². The Morgan fingerprint density at radius 2 is 1.90 bits per heavy atom. The van der Waals surface area contributed by atoms with Gasteiger partial charge in [-0.05, 0) is 61.8 Å². The monoisotopic (exact) mass is 540 g/mol. The predicted molar refractivity (Wildman–Crippen MR) is 149 cm³/mol. The molecule has 2 aliphatic rings. The van der Waals surface area contributed by atoms with Gasteiger partial charge in [0.15, 0.2) is 0 Å². The minimum atomic E-state index is -0.915. The fourth-order valence-corrected chi connectivity index (χ4v) is 6.17. The summed E-state index contributed by atoms with van der Waals surface area (Å²) in [6.07, 6.45) is 3.81. The number of ether oxygens (including phenoxy) is 1. The number of nitrogens with two attached hydrogens (primary N) is 1. The Balaban J connectivity index is 1.47. The highest BCUT2D eigenvalue weighted by molar-refractivity contribution is 5.63. The largest absolute Gasteiger partial charge is 0.425 e. The lowest BCUT2D eigenvalue weighted by Gasteiger charge is -2.41. The van der Waals surface area contributed by atoms with Crippen molar-refractivity contribution in [1.29, 1.82) is 5.26 Å². The number of nitrogens with zero attached hydrogens (tertiary/aromatic N) is 4. The van der Waals surface area contributed by atoms with Crippen LogP contribution < -0.4 is 10.5 Å². The Kier molecular flexibility index (Phi) is 7.44. The van der Waals surface area contributed by atoms with Crippen molar-refractivity contribution in [3.05, 3.63) is 69.4 Å². The Labute approximate surface area is 234 Å². The zero-order chi connectivity index (χ0) is 28.6. The fraction of sp³-hybridized carbons (Fsp3) is 0.484. The Morgan fingerprint density at radius 1 is 1.15 bits per heavy atom. The normalized spacial score (nSPS) is 22.5. The Bertz CT molecular complexity index is 1540. The lowest BCUT2D eigenvalue weighted by Crippen LogP contribution is -2.41. The van der Waals surface area contributed by atoms with Crippen LogP contribution in [0, 0.1) is 41.9 Å². The van der Waals surface area contributed by atoms with Crippen molar-refractivity contribution in [2.75, 3.05) is 0 Å². The van der Waals surface area contributed by atoms with Crippen molar-refractivity contribution >= 4 is 0 Å².